The number of nitrogens with one attached hydrogen (secondary N) is 1. The molecule has 1 N–H and O–H groups in total. The molecule has 1 atom stereocenters. The van der Waals surface area contributed by atoms with Gasteiger partial charge in [-0.3, -0.25) is 4.79 Å². The van der Waals surface area contributed by atoms with E-state index in [0.29, 0.717) is 12.5 Å². The van der Waals surface area contributed by atoms with Crippen LogP contribution >= 0.6 is 11.6 Å². The van der Waals surface area contributed by atoms with E-state index in [9.17, 15) is 4.79 Å². The number of likely N-dealkylation sites (N-methyl/N-ethyl adjacent to an activating group) is 1. The standard InChI is InChI=1S/C17H24ClNO2/c1-3-19-17(20)12(2)21-16-10-9-14(18)11-15(16)13-7-5-4-6-8-13/h9-13H,3-8H2,1-2H3,(H,19,20)/t12-/m1/s1. The van der Waals surface area contributed by atoms with E-state index in [0.717, 1.165) is 16.3 Å². The van der Waals surface area contributed by atoms with E-state index in [1.165, 1.54) is 32.1 Å². The molecule has 0 spiro atoms. The molecule has 1 aromatic rings. The summed E-state index contributed by atoms with van der Waals surface area (Å²) in [5.41, 5.74) is 1.15. The molecule has 0 radical (unpaired) electrons. The van der Waals surface area contributed by atoms with Crippen LogP contribution in [0.4, 0.5) is 0 Å². The zero-order valence-corrected chi connectivity index (χ0v) is 13.6. The van der Waals surface area contributed by atoms with E-state index < -0.39 is 6.10 Å². The van der Waals surface area contributed by atoms with E-state index in [-0.39, 0.29) is 5.91 Å². The van der Waals surface area contributed by atoms with Gasteiger partial charge < -0.3 is 10.1 Å². The van der Waals surface area contributed by atoms with Crippen LogP contribution < -0.4 is 10.1 Å². The van der Waals surface area contributed by atoms with Crippen LogP contribution in [0.5, 0.6) is 5.75 Å². The summed E-state index contributed by atoms with van der Waals surface area (Å²) in [4.78, 5) is 11.8. The van der Waals surface area contributed by atoms with Gasteiger partial charge in [0.2, 0.25) is 0 Å². The van der Waals surface area contributed by atoms with Crippen molar-refractivity contribution in [2.45, 2.75) is 58.0 Å². The molecule has 4 heteroatoms. The number of amides is 1. The van der Waals surface area contributed by atoms with Gasteiger partial charge in [-0.25, -0.2) is 0 Å². The van der Waals surface area contributed by atoms with E-state index >= 15 is 0 Å². The average molecular weight is 310 g/mol. The van der Waals surface area contributed by atoms with Crippen molar-refractivity contribution >= 4 is 17.5 Å². The molecule has 2 rings (SSSR count). The summed E-state index contributed by atoms with van der Waals surface area (Å²) < 4.78 is 5.90. The molecule has 1 amide bonds. The topological polar surface area (TPSA) is 38.3 Å². The van der Waals surface area contributed by atoms with Crippen molar-refractivity contribution in [1.82, 2.24) is 5.32 Å². The minimum Gasteiger partial charge on any atom is -0.481 e. The molecule has 1 aliphatic carbocycles. The minimum absolute atomic E-state index is 0.0814. The molecule has 0 aromatic heterocycles. The van der Waals surface area contributed by atoms with Gasteiger partial charge >= 0.3 is 0 Å². The third-order valence-electron chi connectivity index (χ3n) is 4.04. The number of rotatable bonds is 5. The van der Waals surface area contributed by atoms with E-state index in [1.54, 1.807) is 6.92 Å². The Bertz CT molecular complexity index is 484. The number of hydrogen-bond donors (Lipinski definition) is 1. The summed E-state index contributed by atoms with van der Waals surface area (Å²) in [5.74, 6) is 1.21. The Morgan fingerprint density at radius 1 is 1.38 bits per heavy atom. The second-order valence-electron chi connectivity index (χ2n) is 5.67. The van der Waals surface area contributed by atoms with Gasteiger partial charge in [-0.1, -0.05) is 30.9 Å². The van der Waals surface area contributed by atoms with Crippen molar-refractivity contribution < 1.29 is 9.53 Å². The van der Waals surface area contributed by atoms with Crippen molar-refractivity contribution in [3.63, 3.8) is 0 Å². The molecule has 1 aliphatic rings. The number of hydrogen-bond acceptors (Lipinski definition) is 2. The monoisotopic (exact) mass is 309 g/mol. The van der Waals surface area contributed by atoms with Gasteiger partial charge in [0.15, 0.2) is 6.10 Å². The Labute approximate surface area is 132 Å². The molecule has 1 saturated carbocycles. The van der Waals surface area contributed by atoms with Gasteiger partial charge in [-0.05, 0) is 56.4 Å². The fourth-order valence-electron chi connectivity index (χ4n) is 2.92. The quantitative estimate of drug-likeness (QED) is 0.881. The summed E-state index contributed by atoms with van der Waals surface area (Å²) in [5, 5.41) is 3.52. The number of ether oxygens (including phenoxy) is 1. The van der Waals surface area contributed by atoms with Crippen LogP contribution in [0.2, 0.25) is 5.02 Å². The highest BCUT2D eigenvalue weighted by molar-refractivity contribution is 6.30. The first-order valence-corrected chi connectivity index (χ1v) is 8.23. The third kappa shape index (κ3) is 4.37. The molecule has 0 heterocycles. The smallest absolute Gasteiger partial charge is 0.260 e. The van der Waals surface area contributed by atoms with Crippen LogP contribution in [0.15, 0.2) is 18.2 Å². The Morgan fingerprint density at radius 2 is 2.10 bits per heavy atom. The predicted molar refractivity (Wildman–Crippen MR) is 86.1 cm³/mol. The number of halogens is 1. The van der Waals surface area contributed by atoms with Gasteiger partial charge in [0, 0.05) is 11.6 Å². The molecule has 0 aliphatic heterocycles. The molecule has 0 unspecified atom stereocenters. The molecule has 0 saturated heterocycles. The normalized spacial score (nSPS) is 17.3. The summed E-state index contributed by atoms with van der Waals surface area (Å²) in [7, 11) is 0. The maximum Gasteiger partial charge on any atom is 0.260 e. The molecular weight excluding hydrogens is 286 g/mol. The van der Waals surface area contributed by atoms with Crippen LogP contribution in [0.25, 0.3) is 0 Å². The van der Waals surface area contributed by atoms with Crippen molar-refractivity contribution in [3.05, 3.63) is 28.8 Å². The highest BCUT2D eigenvalue weighted by atomic mass is 35.5. The number of benzene rings is 1. The first-order chi connectivity index (χ1) is 10.1. The zero-order valence-electron chi connectivity index (χ0n) is 12.8. The minimum atomic E-state index is -0.492. The lowest BCUT2D eigenvalue weighted by Gasteiger charge is -2.25. The van der Waals surface area contributed by atoms with Crippen LogP contribution in [0.1, 0.15) is 57.4 Å². The Balaban J connectivity index is 2.16. The van der Waals surface area contributed by atoms with Gasteiger partial charge in [-0.2, -0.15) is 0 Å². The summed E-state index contributed by atoms with van der Waals surface area (Å²) >= 11 is 6.15. The number of carbonyl (C=O) groups excluding carboxylic acids is 1. The van der Waals surface area contributed by atoms with Gasteiger partial charge in [-0.15, -0.1) is 0 Å². The highest BCUT2D eigenvalue weighted by Gasteiger charge is 2.22. The Morgan fingerprint density at radius 3 is 2.76 bits per heavy atom. The molecule has 1 fully saturated rings. The lowest BCUT2D eigenvalue weighted by atomic mass is 9.83. The number of carbonyl (C=O) groups is 1. The van der Waals surface area contributed by atoms with Crippen LogP contribution in [0.3, 0.4) is 0 Å². The largest absolute Gasteiger partial charge is 0.481 e. The van der Waals surface area contributed by atoms with Crippen molar-refractivity contribution in [2.75, 3.05) is 6.54 Å². The van der Waals surface area contributed by atoms with Crippen LogP contribution in [-0.2, 0) is 4.79 Å². The average Bonchev–Trinajstić information content (AvgIpc) is 2.50. The molecule has 3 nitrogen and oxygen atoms in total. The van der Waals surface area contributed by atoms with Gasteiger partial charge in [0.1, 0.15) is 5.75 Å². The first kappa shape index (κ1) is 16.2. The van der Waals surface area contributed by atoms with Crippen molar-refractivity contribution in [1.29, 1.82) is 0 Å². The predicted octanol–water partition coefficient (Wildman–Crippen LogP) is 4.29. The van der Waals surface area contributed by atoms with E-state index in [1.807, 2.05) is 25.1 Å². The Kier molecular flexibility index (Phi) is 5.92. The molecular formula is C17H24ClNO2. The van der Waals surface area contributed by atoms with Crippen molar-refractivity contribution in [3.8, 4) is 5.75 Å². The fraction of sp³-hybridized carbons (Fsp3) is 0.588. The summed E-state index contributed by atoms with van der Waals surface area (Å²) in [6.45, 7) is 4.30. The second kappa shape index (κ2) is 7.69. The van der Waals surface area contributed by atoms with Gasteiger partial charge in [0.25, 0.3) is 5.91 Å². The second-order valence-corrected chi connectivity index (χ2v) is 6.11. The lowest BCUT2D eigenvalue weighted by molar-refractivity contribution is -0.127. The summed E-state index contributed by atoms with van der Waals surface area (Å²) in [6.07, 6.45) is 5.67. The third-order valence-corrected chi connectivity index (χ3v) is 4.28. The molecule has 0 bridgehead atoms. The SMILES string of the molecule is CCNC(=O)[C@@H](C)Oc1ccc(Cl)cc1C1CCCCC1. The molecule has 116 valence electrons. The lowest BCUT2D eigenvalue weighted by Crippen LogP contribution is -2.36. The van der Waals surface area contributed by atoms with Crippen molar-refractivity contribution in [2.24, 2.45) is 0 Å². The maximum absolute atomic E-state index is 11.8. The van der Waals surface area contributed by atoms with E-state index in [2.05, 4.69) is 5.32 Å². The zero-order chi connectivity index (χ0) is 15.2. The molecule has 1 aromatic carbocycles. The summed E-state index contributed by atoms with van der Waals surface area (Å²) in [6, 6.07) is 5.72. The maximum atomic E-state index is 11.8. The van der Waals surface area contributed by atoms with Gasteiger partial charge in [0.05, 0.1) is 0 Å². The van der Waals surface area contributed by atoms with Crippen LogP contribution in [-0.4, -0.2) is 18.6 Å². The fourth-order valence-corrected chi connectivity index (χ4v) is 3.10. The Hall–Kier alpha value is -1.22. The highest BCUT2D eigenvalue weighted by Crippen LogP contribution is 2.39. The van der Waals surface area contributed by atoms with E-state index in [4.69, 9.17) is 16.3 Å². The van der Waals surface area contributed by atoms with Crippen LogP contribution in [0, 0.1) is 0 Å². The molecule has 21 heavy (non-hydrogen) atoms. The first-order valence-electron chi connectivity index (χ1n) is 7.85.